The minimum absolute atomic E-state index is 0.0292. The Labute approximate surface area is 206 Å². The smallest absolute Gasteiger partial charge is 0.253 e. The molecule has 4 rings (SSSR count). The number of piperidine rings is 1. The van der Waals surface area contributed by atoms with E-state index in [2.05, 4.69) is 10.6 Å². The van der Waals surface area contributed by atoms with Crippen LogP contribution in [0.4, 0.5) is 0 Å². The number of aryl methyl sites for hydroxylation is 1. The summed E-state index contributed by atoms with van der Waals surface area (Å²) in [5, 5.41) is 6.18. The molecule has 2 aliphatic rings. The maximum atomic E-state index is 12.8. The maximum absolute atomic E-state index is 12.8. The van der Waals surface area contributed by atoms with Gasteiger partial charge in [0.25, 0.3) is 11.5 Å². The van der Waals surface area contributed by atoms with E-state index in [1.807, 2.05) is 34.6 Å². The summed E-state index contributed by atoms with van der Waals surface area (Å²) in [5.74, 6) is 0.108. The van der Waals surface area contributed by atoms with Crippen molar-refractivity contribution >= 4 is 58.0 Å². The van der Waals surface area contributed by atoms with Gasteiger partial charge >= 0.3 is 0 Å². The summed E-state index contributed by atoms with van der Waals surface area (Å²) in [6.07, 6.45) is -0.0238. The molecule has 1 amide bonds. The number of pyridine rings is 1. The number of benzene rings is 1. The Bertz CT molecular complexity index is 1100. The highest BCUT2D eigenvalue weighted by molar-refractivity contribution is 7.80. The molecule has 2 bridgehead atoms. The average Bonchev–Trinajstić information content (AvgIpc) is 2.73. The minimum Gasteiger partial charge on any atom is -0.348 e. The number of amides is 1. The Morgan fingerprint density at radius 2 is 1.84 bits per heavy atom. The van der Waals surface area contributed by atoms with Gasteiger partial charge in [-0.15, -0.1) is 0 Å². The summed E-state index contributed by atoms with van der Waals surface area (Å²) in [7, 11) is 0. The number of rotatable bonds is 3. The molecule has 3 heterocycles. The van der Waals surface area contributed by atoms with Gasteiger partial charge in [-0.2, -0.15) is 0 Å². The van der Waals surface area contributed by atoms with Gasteiger partial charge in [0.2, 0.25) is 3.79 Å². The van der Waals surface area contributed by atoms with Crippen molar-refractivity contribution in [3.05, 3.63) is 69.6 Å². The van der Waals surface area contributed by atoms with E-state index in [0.29, 0.717) is 30.3 Å². The van der Waals surface area contributed by atoms with Crippen LogP contribution in [0.2, 0.25) is 0 Å². The molecular weight excluding hydrogens is 491 g/mol. The van der Waals surface area contributed by atoms with Crippen molar-refractivity contribution in [3.8, 4) is 0 Å². The molecule has 2 aromatic rings. The molecule has 170 valence electrons. The fraction of sp³-hybridized carbons (Fsp3) is 0.409. The van der Waals surface area contributed by atoms with Crippen LogP contribution in [0.15, 0.2) is 47.3 Å². The Morgan fingerprint density at radius 1 is 1.09 bits per heavy atom. The van der Waals surface area contributed by atoms with Crippen LogP contribution in [-0.2, 0) is 6.54 Å². The van der Waals surface area contributed by atoms with Gasteiger partial charge in [-0.05, 0) is 49.2 Å². The highest BCUT2D eigenvalue weighted by atomic mass is 35.6. The summed E-state index contributed by atoms with van der Waals surface area (Å²) in [6.45, 7) is 3.82. The number of hydrogen-bond donors (Lipinski definition) is 2. The number of nitrogens with zero attached hydrogens (tertiary/aromatic N) is 2. The van der Waals surface area contributed by atoms with E-state index in [0.717, 1.165) is 17.7 Å². The largest absolute Gasteiger partial charge is 0.348 e. The fourth-order valence-electron chi connectivity index (χ4n) is 4.51. The molecule has 1 saturated heterocycles. The van der Waals surface area contributed by atoms with Crippen LogP contribution in [0.25, 0.3) is 0 Å². The Balaban J connectivity index is 1.48. The second-order valence-corrected chi connectivity index (χ2v) is 11.1. The summed E-state index contributed by atoms with van der Waals surface area (Å²) in [6, 6.07) is 12.6. The molecule has 0 aliphatic carbocycles. The number of likely N-dealkylation sites (tertiary alicyclic amines) is 1. The van der Waals surface area contributed by atoms with Crippen molar-refractivity contribution in [2.24, 2.45) is 5.92 Å². The molecule has 0 unspecified atom stereocenters. The zero-order chi connectivity index (χ0) is 23.0. The molecule has 10 heteroatoms. The normalized spacial score (nSPS) is 20.8. The fourth-order valence-corrected chi connectivity index (χ4v) is 5.11. The Kier molecular flexibility index (Phi) is 6.73. The van der Waals surface area contributed by atoms with E-state index in [4.69, 9.17) is 47.0 Å². The number of nitrogens with one attached hydrogen (secondary N) is 2. The minimum atomic E-state index is -1.83. The lowest BCUT2D eigenvalue weighted by Gasteiger charge is -2.44. The zero-order valence-corrected chi connectivity index (χ0v) is 20.4. The van der Waals surface area contributed by atoms with Crippen LogP contribution in [0.5, 0.6) is 0 Å². The molecule has 1 aromatic heterocycles. The van der Waals surface area contributed by atoms with Gasteiger partial charge in [0, 0.05) is 42.9 Å². The number of carbonyl (C=O) groups excluding carboxylic acids is 1. The maximum Gasteiger partial charge on any atom is 0.253 e. The van der Waals surface area contributed by atoms with E-state index in [1.54, 1.807) is 24.3 Å². The topological polar surface area (TPSA) is 66.4 Å². The molecule has 2 aliphatic heterocycles. The molecule has 6 nitrogen and oxygen atoms in total. The van der Waals surface area contributed by atoms with Crippen molar-refractivity contribution in [3.63, 3.8) is 0 Å². The van der Waals surface area contributed by atoms with Crippen LogP contribution in [0.1, 0.15) is 34.0 Å². The molecule has 3 atom stereocenters. The van der Waals surface area contributed by atoms with Crippen molar-refractivity contribution in [2.45, 2.75) is 35.8 Å². The third-order valence-corrected chi connectivity index (χ3v) is 7.06. The molecule has 1 fully saturated rings. The summed E-state index contributed by atoms with van der Waals surface area (Å²) < 4.78 is 0.0349. The van der Waals surface area contributed by atoms with Gasteiger partial charge in [-0.25, -0.2) is 0 Å². The molecule has 0 spiro atoms. The lowest BCUT2D eigenvalue weighted by atomic mass is 9.83. The van der Waals surface area contributed by atoms with E-state index >= 15 is 0 Å². The number of fused-ring (bicyclic) bond motifs is 4. The number of alkyl halides is 3. The van der Waals surface area contributed by atoms with Gasteiger partial charge in [0.05, 0.1) is 0 Å². The molecule has 0 saturated carbocycles. The van der Waals surface area contributed by atoms with Gasteiger partial charge in [-0.1, -0.05) is 59.1 Å². The second kappa shape index (κ2) is 9.21. The third kappa shape index (κ3) is 4.91. The van der Waals surface area contributed by atoms with E-state index in [9.17, 15) is 9.59 Å². The third-order valence-electron chi connectivity index (χ3n) is 6.03. The van der Waals surface area contributed by atoms with Gasteiger partial charge in [-0.3, -0.25) is 9.59 Å². The number of thiocarbonyl (C=S) groups is 1. The van der Waals surface area contributed by atoms with Crippen LogP contribution >= 0.6 is 47.0 Å². The van der Waals surface area contributed by atoms with Crippen LogP contribution in [0, 0.1) is 12.8 Å². The highest BCUT2D eigenvalue weighted by Gasteiger charge is 2.39. The van der Waals surface area contributed by atoms with Gasteiger partial charge < -0.3 is 20.1 Å². The van der Waals surface area contributed by atoms with Crippen molar-refractivity contribution in [1.82, 2.24) is 20.1 Å². The monoisotopic (exact) mass is 512 g/mol. The molecule has 0 radical (unpaired) electrons. The quantitative estimate of drug-likeness (QED) is 0.373. The summed E-state index contributed by atoms with van der Waals surface area (Å²) in [5.41, 5.74) is 2.36. The van der Waals surface area contributed by atoms with Crippen molar-refractivity contribution in [1.29, 1.82) is 0 Å². The first-order valence-electron chi connectivity index (χ1n) is 10.3. The standard InChI is InChI=1S/C22H23Cl3N4O2S/c1-13-5-2-3-6-16(13)19(31)26-20(22(23,24)25)27-21(32)28-10-14-9-15(12-28)17-7-4-8-18(30)29(17)11-14/h2-8,14-15,20H,9-12H2,1H3,(H,26,31)(H,27,32)/t14-,15-,20-/m0/s1. The Morgan fingerprint density at radius 3 is 2.56 bits per heavy atom. The number of carbonyl (C=O) groups is 1. The lowest BCUT2D eigenvalue weighted by Crippen LogP contribution is -2.60. The van der Waals surface area contributed by atoms with E-state index in [-0.39, 0.29) is 23.3 Å². The molecular formula is C22H23Cl3N4O2S. The van der Waals surface area contributed by atoms with Crippen LogP contribution in [0.3, 0.4) is 0 Å². The number of halogens is 3. The molecule has 32 heavy (non-hydrogen) atoms. The first-order chi connectivity index (χ1) is 15.1. The predicted octanol–water partition coefficient (Wildman–Crippen LogP) is 3.58. The van der Waals surface area contributed by atoms with Crippen molar-refractivity contribution in [2.75, 3.05) is 13.1 Å². The van der Waals surface area contributed by atoms with Crippen molar-refractivity contribution < 1.29 is 4.79 Å². The van der Waals surface area contributed by atoms with E-state index < -0.39 is 9.96 Å². The van der Waals surface area contributed by atoms with Crippen LogP contribution in [-0.4, -0.2) is 43.5 Å². The summed E-state index contributed by atoms with van der Waals surface area (Å²) >= 11 is 24.1. The highest BCUT2D eigenvalue weighted by Crippen LogP contribution is 2.35. The first-order valence-corrected chi connectivity index (χ1v) is 11.9. The first kappa shape index (κ1) is 23.4. The SMILES string of the molecule is Cc1ccccc1C(=O)N[C@@H](NC(=S)N1C[C@@H]2C[C@@H](C1)c1cccc(=O)n1C2)C(Cl)(Cl)Cl. The van der Waals surface area contributed by atoms with E-state index in [1.165, 1.54) is 0 Å². The van der Waals surface area contributed by atoms with Crippen LogP contribution < -0.4 is 16.2 Å². The average molecular weight is 514 g/mol. The Hall–Kier alpha value is -1.80. The lowest BCUT2D eigenvalue weighted by molar-refractivity contribution is 0.0932. The molecule has 2 N–H and O–H groups in total. The second-order valence-electron chi connectivity index (χ2n) is 8.32. The van der Waals surface area contributed by atoms with Gasteiger partial charge in [0.1, 0.15) is 6.17 Å². The zero-order valence-electron chi connectivity index (χ0n) is 17.4. The molecule has 1 aromatic carbocycles. The van der Waals surface area contributed by atoms with Gasteiger partial charge in [0.15, 0.2) is 5.11 Å². The number of hydrogen-bond acceptors (Lipinski definition) is 3. The predicted molar refractivity (Wildman–Crippen MR) is 132 cm³/mol. The summed E-state index contributed by atoms with van der Waals surface area (Å²) in [4.78, 5) is 27.1. The number of aromatic nitrogens is 1.